The van der Waals surface area contributed by atoms with Crippen LogP contribution in [0.5, 0.6) is 0 Å². The SMILES string of the molecule is CN1CCN(Cc2ccc(-c3cncc(C(=O)NN(c4nc(C#N)ncc4Br)C4CCCC4)c3)cc2)CC1. The van der Waals surface area contributed by atoms with E-state index < -0.39 is 0 Å². The lowest BCUT2D eigenvalue weighted by atomic mass is 10.0. The van der Waals surface area contributed by atoms with Crippen LogP contribution in [0, 0.1) is 11.3 Å². The van der Waals surface area contributed by atoms with Crippen LogP contribution in [0.4, 0.5) is 5.82 Å². The second-order valence-corrected chi connectivity index (χ2v) is 10.8. The quantitative estimate of drug-likeness (QED) is 0.422. The molecule has 2 aliphatic rings. The average Bonchev–Trinajstić information content (AvgIpc) is 3.49. The number of anilines is 1. The topological polar surface area (TPSA) is 101 Å². The molecule has 1 N–H and O–H groups in total. The maximum atomic E-state index is 13.4. The third-order valence-corrected chi connectivity index (χ3v) is 7.81. The van der Waals surface area contributed by atoms with Crippen molar-refractivity contribution in [2.75, 3.05) is 38.2 Å². The first-order chi connectivity index (χ1) is 18.5. The maximum absolute atomic E-state index is 13.4. The Bertz CT molecular complexity index is 1310. The van der Waals surface area contributed by atoms with Crippen LogP contribution in [-0.4, -0.2) is 69.9 Å². The number of halogens is 1. The van der Waals surface area contributed by atoms with Gasteiger partial charge in [0.05, 0.1) is 16.1 Å². The van der Waals surface area contributed by atoms with E-state index in [2.05, 4.69) is 77.4 Å². The number of rotatable bonds is 7. The molecule has 3 heterocycles. The molecule has 5 rings (SSSR count). The first-order valence-electron chi connectivity index (χ1n) is 13.0. The van der Waals surface area contributed by atoms with E-state index in [0.29, 0.717) is 15.9 Å². The van der Waals surface area contributed by atoms with Crippen LogP contribution in [-0.2, 0) is 6.54 Å². The van der Waals surface area contributed by atoms with Crippen molar-refractivity contribution in [3.8, 4) is 17.2 Å². The third kappa shape index (κ3) is 6.18. The molecule has 10 heteroatoms. The molecule has 2 aromatic heterocycles. The second-order valence-electron chi connectivity index (χ2n) is 9.96. The van der Waals surface area contributed by atoms with Crippen molar-refractivity contribution in [2.24, 2.45) is 0 Å². The fraction of sp³-hybridized carbons (Fsp3) is 0.393. The van der Waals surface area contributed by atoms with E-state index in [1.54, 1.807) is 23.6 Å². The zero-order valence-corrected chi connectivity index (χ0v) is 23.1. The van der Waals surface area contributed by atoms with Gasteiger partial charge in [-0.25, -0.2) is 4.98 Å². The van der Waals surface area contributed by atoms with E-state index in [0.717, 1.165) is 69.5 Å². The lowest BCUT2D eigenvalue weighted by molar-refractivity contribution is 0.0943. The smallest absolute Gasteiger partial charge is 0.271 e. The molecule has 0 atom stereocenters. The van der Waals surface area contributed by atoms with E-state index in [4.69, 9.17) is 0 Å². The van der Waals surface area contributed by atoms with Crippen LogP contribution in [0.25, 0.3) is 11.1 Å². The van der Waals surface area contributed by atoms with Gasteiger partial charge < -0.3 is 4.90 Å². The van der Waals surface area contributed by atoms with Gasteiger partial charge in [0.15, 0.2) is 5.82 Å². The van der Waals surface area contributed by atoms with Crippen LogP contribution in [0.3, 0.4) is 0 Å². The molecule has 1 aromatic carbocycles. The Morgan fingerprint density at radius 2 is 1.84 bits per heavy atom. The Balaban J connectivity index is 1.32. The first kappa shape index (κ1) is 26.2. The molecule has 9 nitrogen and oxygen atoms in total. The number of nitrogens with one attached hydrogen (secondary N) is 1. The molecule has 1 aliphatic heterocycles. The predicted molar refractivity (Wildman–Crippen MR) is 149 cm³/mol. The molecule has 1 aliphatic carbocycles. The second kappa shape index (κ2) is 12.0. The van der Waals surface area contributed by atoms with Gasteiger partial charge in [0, 0.05) is 56.9 Å². The lowest BCUT2D eigenvalue weighted by Gasteiger charge is -2.32. The fourth-order valence-corrected chi connectivity index (χ4v) is 5.41. The van der Waals surface area contributed by atoms with Crippen LogP contribution < -0.4 is 10.4 Å². The summed E-state index contributed by atoms with van der Waals surface area (Å²) in [5.41, 5.74) is 6.66. The summed E-state index contributed by atoms with van der Waals surface area (Å²) in [7, 11) is 2.17. The number of piperazine rings is 1. The standard InChI is InChI=1S/C28H31BrN8O/c1-35-10-12-36(13-11-35)19-20-6-8-21(9-7-20)22-14-23(17-31-16-22)28(38)34-37(24-4-2-3-5-24)27-25(29)18-32-26(15-30)33-27/h6-9,14,16-18,24H,2-5,10-13,19H2,1H3,(H,34,38). The summed E-state index contributed by atoms with van der Waals surface area (Å²) in [6, 6.07) is 12.4. The summed E-state index contributed by atoms with van der Waals surface area (Å²) < 4.78 is 0.618. The van der Waals surface area contributed by atoms with Crippen molar-refractivity contribution in [3.05, 3.63) is 70.3 Å². The van der Waals surface area contributed by atoms with Crippen molar-refractivity contribution >= 4 is 27.7 Å². The molecule has 2 fully saturated rings. The highest BCUT2D eigenvalue weighted by Gasteiger charge is 2.28. The van der Waals surface area contributed by atoms with E-state index in [9.17, 15) is 10.1 Å². The minimum atomic E-state index is -0.276. The van der Waals surface area contributed by atoms with Gasteiger partial charge in [-0.1, -0.05) is 37.1 Å². The molecule has 1 saturated heterocycles. The minimum Gasteiger partial charge on any atom is -0.304 e. The van der Waals surface area contributed by atoms with Gasteiger partial charge in [0.25, 0.3) is 5.91 Å². The Kier molecular flexibility index (Phi) is 8.27. The van der Waals surface area contributed by atoms with E-state index in [1.807, 2.05) is 12.1 Å². The average molecular weight is 576 g/mol. The Labute approximate surface area is 231 Å². The van der Waals surface area contributed by atoms with Crippen molar-refractivity contribution in [1.29, 1.82) is 5.26 Å². The van der Waals surface area contributed by atoms with E-state index in [1.165, 1.54) is 5.56 Å². The summed E-state index contributed by atoms with van der Waals surface area (Å²) >= 11 is 3.49. The zero-order valence-electron chi connectivity index (χ0n) is 21.5. The summed E-state index contributed by atoms with van der Waals surface area (Å²) in [5, 5.41) is 11.1. The van der Waals surface area contributed by atoms with E-state index in [-0.39, 0.29) is 17.8 Å². The number of benzene rings is 1. The third-order valence-electron chi connectivity index (χ3n) is 7.26. The molecular formula is C28H31BrN8O. The van der Waals surface area contributed by atoms with Gasteiger partial charge in [0.2, 0.25) is 5.82 Å². The molecule has 3 aromatic rings. The summed E-state index contributed by atoms with van der Waals surface area (Å²) in [4.78, 5) is 31.0. The van der Waals surface area contributed by atoms with Crippen molar-refractivity contribution in [1.82, 2.24) is 30.2 Å². The van der Waals surface area contributed by atoms with Crippen LogP contribution >= 0.6 is 15.9 Å². The van der Waals surface area contributed by atoms with Gasteiger partial charge in [-0.05, 0) is 53.0 Å². The number of hydrazine groups is 1. The summed E-state index contributed by atoms with van der Waals surface area (Å²) in [5.74, 6) is 0.263. The number of likely N-dealkylation sites (N-methyl/N-ethyl adjacent to an activating group) is 1. The number of hydrogen-bond acceptors (Lipinski definition) is 8. The maximum Gasteiger partial charge on any atom is 0.271 e. The van der Waals surface area contributed by atoms with Gasteiger partial charge >= 0.3 is 0 Å². The fourth-order valence-electron chi connectivity index (χ4n) is 5.02. The molecule has 0 unspecified atom stereocenters. The molecule has 0 radical (unpaired) electrons. The molecule has 0 bridgehead atoms. The number of carbonyl (C=O) groups is 1. The zero-order chi connectivity index (χ0) is 26.5. The molecule has 1 saturated carbocycles. The largest absolute Gasteiger partial charge is 0.304 e. The van der Waals surface area contributed by atoms with Crippen molar-refractivity contribution in [3.63, 3.8) is 0 Å². The Morgan fingerprint density at radius 1 is 1.11 bits per heavy atom. The van der Waals surface area contributed by atoms with Crippen molar-refractivity contribution in [2.45, 2.75) is 38.3 Å². The number of pyridine rings is 1. The number of aromatic nitrogens is 3. The molecule has 0 spiro atoms. The summed E-state index contributed by atoms with van der Waals surface area (Å²) in [6.45, 7) is 5.31. The van der Waals surface area contributed by atoms with Gasteiger partial charge in [-0.3, -0.25) is 25.1 Å². The number of hydrogen-bond donors (Lipinski definition) is 1. The van der Waals surface area contributed by atoms with Crippen LogP contribution in [0.15, 0.2) is 53.4 Å². The normalized spacial score (nSPS) is 16.8. The van der Waals surface area contributed by atoms with Crippen molar-refractivity contribution < 1.29 is 4.79 Å². The Hall–Kier alpha value is -3.39. The minimum absolute atomic E-state index is 0.0557. The highest BCUT2D eigenvalue weighted by molar-refractivity contribution is 9.10. The highest BCUT2D eigenvalue weighted by Crippen LogP contribution is 2.30. The summed E-state index contributed by atoms with van der Waals surface area (Å²) in [6.07, 6.45) is 8.91. The lowest BCUT2D eigenvalue weighted by Crippen LogP contribution is -2.48. The van der Waals surface area contributed by atoms with E-state index >= 15 is 0 Å². The number of carbonyl (C=O) groups excluding carboxylic acids is 1. The molecule has 196 valence electrons. The number of amides is 1. The molecule has 1 amide bonds. The molecular weight excluding hydrogens is 544 g/mol. The number of nitriles is 1. The Morgan fingerprint density at radius 3 is 2.55 bits per heavy atom. The van der Waals surface area contributed by atoms with Gasteiger partial charge in [-0.2, -0.15) is 10.2 Å². The monoisotopic (exact) mass is 574 g/mol. The highest BCUT2D eigenvalue weighted by atomic mass is 79.9. The first-order valence-corrected chi connectivity index (χ1v) is 13.8. The van der Waals surface area contributed by atoms with Gasteiger partial charge in [-0.15, -0.1) is 0 Å². The number of nitrogens with zero attached hydrogens (tertiary/aromatic N) is 7. The van der Waals surface area contributed by atoms with Crippen LogP contribution in [0.1, 0.15) is 47.4 Å². The van der Waals surface area contributed by atoms with Crippen LogP contribution in [0.2, 0.25) is 0 Å². The predicted octanol–water partition coefficient (Wildman–Crippen LogP) is 4.01. The molecule has 38 heavy (non-hydrogen) atoms. The van der Waals surface area contributed by atoms with Gasteiger partial charge in [0.1, 0.15) is 6.07 Å².